The first-order valence-corrected chi connectivity index (χ1v) is 9.20. The smallest absolute Gasteiger partial charge is 0.233 e. The summed E-state index contributed by atoms with van der Waals surface area (Å²) in [5.41, 5.74) is 1.05. The SMILES string of the molecule is COc1ccc(S[C@@H](C)C(=O)NCc2ccc(OC(C)C)cc2)cc1. The molecule has 4 nitrogen and oxygen atoms in total. The van der Waals surface area contributed by atoms with E-state index in [-0.39, 0.29) is 17.3 Å². The van der Waals surface area contributed by atoms with Crippen molar-refractivity contribution in [1.29, 1.82) is 0 Å². The van der Waals surface area contributed by atoms with Gasteiger partial charge < -0.3 is 14.8 Å². The Kier molecular flexibility index (Phi) is 7.19. The molecule has 2 rings (SSSR count). The number of carbonyl (C=O) groups excluding carboxylic acids is 1. The quantitative estimate of drug-likeness (QED) is 0.715. The second kappa shape index (κ2) is 9.37. The summed E-state index contributed by atoms with van der Waals surface area (Å²) in [5.74, 6) is 1.67. The average Bonchev–Trinajstić information content (AvgIpc) is 2.61. The lowest BCUT2D eigenvalue weighted by atomic mass is 10.2. The van der Waals surface area contributed by atoms with Crippen LogP contribution in [0.3, 0.4) is 0 Å². The van der Waals surface area contributed by atoms with E-state index >= 15 is 0 Å². The minimum absolute atomic E-state index is 0.0170. The topological polar surface area (TPSA) is 47.6 Å². The molecule has 5 heteroatoms. The Balaban J connectivity index is 1.82. The van der Waals surface area contributed by atoms with Crippen LogP contribution in [-0.4, -0.2) is 24.4 Å². The van der Waals surface area contributed by atoms with Crippen LogP contribution in [0.5, 0.6) is 11.5 Å². The molecular weight excluding hydrogens is 334 g/mol. The third-order valence-electron chi connectivity index (χ3n) is 3.50. The normalized spacial score (nSPS) is 11.9. The Labute approximate surface area is 153 Å². The van der Waals surface area contributed by atoms with Crippen molar-refractivity contribution in [3.8, 4) is 11.5 Å². The number of rotatable bonds is 8. The standard InChI is InChI=1S/C20H25NO3S/c1-14(2)24-18-7-5-16(6-8-18)13-21-20(22)15(3)25-19-11-9-17(23-4)10-12-19/h5-12,14-15H,13H2,1-4H3,(H,21,22)/t15-/m0/s1. The highest BCUT2D eigenvalue weighted by molar-refractivity contribution is 8.00. The van der Waals surface area contributed by atoms with Crippen molar-refractivity contribution >= 4 is 17.7 Å². The summed E-state index contributed by atoms with van der Waals surface area (Å²) < 4.78 is 10.8. The summed E-state index contributed by atoms with van der Waals surface area (Å²) in [6.07, 6.45) is 0.154. The van der Waals surface area contributed by atoms with Crippen LogP contribution in [0.1, 0.15) is 26.3 Å². The monoisotopic (exact) mass is 359 g/mol. The minimum Gasteiger partial charge on any atom is -0.497 e. The number of methoxy groups -OCH3 is 1. The van der Waals surface area contributed by atoms with Gasteiger partial charge in [0, 0.05) is 11.4 Å². The molecule has 1 amide bonds. The zero-order valence-corrected chi connectivity index (χ0v) is 15.9. The lowest BCUT2D eigenvalue weighted by molar-refractivity contribution is -0.120. The molecule has 25 heavy (non-hydrogen) atoms. The maximum Gasteiger partial charge on any atom is 0.233 e. The third-order valence-corrected chi connectivity index (χ3v) is 4.62. The van der Waals surface area contributed by atoms with Gasteiger partial charge in [-0.05, 0) is 62.7 Å². The number of ether oxygens (including phenoxy) is 2. The summed E-state index contributed by atoms with van der Waals surface area (Å²) in [4.78, 5) is 13.3. The van der Waals surface area contributed by atoms with E-state index in [2.05, 4.69) is 5.32 Å². The number of hydrogen-bond donors (Lipinski definition) is 1. The fourth-order valence-electron chi connectivity index (χ4n) is 2.20. The molecular formula is C20H25NO3S. The van der Waals surface area contributed by atoms with Gasteiger partial charge >= 0.3 is 0 Å². The van der Waals surface area contributed by atoms with Crippen molar-refractivity contribution in [3.63, 3.8) is 0 Å². The summed E-state index contributed by atoms with van der Waals surface area (Å²) in [6, 6.07) is 15.5. The molecule has 2 aromatic rings. The minimum atomic E-state index is -0.169. The average molecular weight is 359 g/mol. The molecule has 0 aliphatic carbocycles. The van der Waals surface area contributed by atoms with Crippen molar-refractivity contribution in [3.05, 3.63) is 54.1 Å². The summed E-state index contributed by atoms with van der Waals surface area (Å²) in [7, 11) is 1.64. The van der Waals surface area contributed by atoms with Crippen LogP contribution in [0.4, 0.5) is 0 Å². The van der Waals surface area contributed by atoms with E-state index in [9.17, 15) is 4.79 Å². The molecule has 0 aliphatic rings. The summed E-state index contributed by atoms with van der Waals surface area (Å²) >= 11 is 1.53. The molecule has 0 spiro atoms. The van der Waals surface area contributed by atoms with Gasteiger partial charge in [-0.25, -0.2) is 0 Å². The largest absolute Gasteiger partial charge is 0.497 e. The molecule has 0 bridgehead atoms. The van der Waals surface area contributed by atoms with Crippen LogP contribution in [0.2, 0.25) is 0 Å². The van der Waals surface area contributed by atoms with Crippen molar-refractivity contribution in [1.82, 2.24) is 5.32 Å². The van der Waals surface area contributed by atoms with E-state index in [1.54, 1.807) is 7.11 Å². The lowest BCUT2D eigenvalue weighted by Crippen LogP contribution is -2.30. The molecule has 0 aliphatic heterocycles. The number of nitrogens with one attached hydrogen (secondary N) is 1. The third kappa shape index (κ3) is 6.35. The van der Waals surface area contributed by atoms with Crippen molar-refractivity contribution in [2.24, 2.45) is 0 Å². The van der Waals surface area contributed by atoms with Gasteiger partial charge in [-0.2, -0.15) is 0 Å². The first-order valence-electron chi connectivity index (χ1n) is 8.32. The molecule has 0 fully saturated rings. The Bertz CT molecular complexity index is 668. The predicted octanol–water partition coefficient (Wildman–Crippen LogP) is 4.28. The number of hydrogen-bond acceptors (Lipinski definition) is 4. The second-order valence-corrected chi connectivity index (χ2v) is 7.38. The predicted molar refractivity (Wildman–Crippen MR) is 102 cm³/mol. The zero-order chi connectivity index (χ0) is 18.2. The number of thioether (sulfide) groups is 1. The van der Waals surface area contributed by atoms with Crippen LogP contribution in [0.25, 0.3) is 0 Å². The number of carbonyl (C=O) groups is 1. The van der Waals surface area contributed by atoms with E-state index < -0.39 is 0 Å². The van der Waals surface area contributed by atoms with Crippen LogP contribution in [0, 0.1) is 0 Å². The van der Waals surface area contributed by atoms with Crippen LogP contribution in [0.15, 0.2) is 53.4 Å². The zero-order valence-electron chi connectivity index (χ0n) is 15.1. The van der Waals surface area contributed by atoms with Gasteiger partial charge in [0.2, 0.25) is 5.91 Å². The van der Waals surface area contributed by atoms with Crippen LogP contribution in [-0.2, 0) is 11.3 Å². The van der Waals surface area contributed by atoms with Gasteiger partial charge in [0.25, 0.3) is 0 Å². The van der Waals surface area contributed by atoms with Crippen molar-refractivity contribution < 1.29 is 14.3 Å². The number of amides is 1. The highest BCUT2D eigenvalue weighted by Crippen LogP contribution is 2.25. The first kappa shape index (κ1) is 19.2. The van der Waals surface area contributed by atoms with Gasteiger partial charge in [-0.1, -0.05) is 12.1 Å². The van der Waals surface area contributed by atoms with Gasteiger partial charge in [-0.15, -0.1) is 11.8 Å². The summed E-state index contributed by atoms with van der Waals surface area (Å²) in [5, 5.41) is 2.81. The lowest BCUT2D eigenvalue weighted by Gasteiger charge is -2.13. The first-order chi connectivity index (χ1) is 12.0. The molecule has 2 aromatic carbocycles. The van der Waals surface area contributed by atoms with Gasteiger partial charge in [0.15, 0.2) is 0 Å². The molecule has 0 aromatic heterocycles. The molecule has 134 valence electrons. The van der Waals surface area contributed by atoms with E-state index in [0.717, 1.165) is 22.0 Å². The fraction of sp³-hybridized carbons (Fsp3) is 0.350. The van der Waals surface area contributed by atoms with Gasteiger partial charge in [0.1, 0.15) is 11.5 Å². The molecule has 1 N–H and O–H groups in total. The summed E-state index contributed by atoms with van der Waals surface area (Å²) in [6.45, 7) is 6.41. The number of benzene rings is 2. The van der Waals surface area contributed by atoms with Crippen LogP contribution >= 0.6 is 11.8 Å². The van der Waals surface area contributed by atoms with Gasteiger partial charge in [0.05, 0.1) is 18.5 Å². The molecule has 0 radical (unpaired) electrons. The van der Waals surface area contributed by atoms with E-state index in [4.69, 9.17) is 9.47 Å². The fourth-order valence-corrected chi connectivity index (χ4v) is 3.09. The Hall–Kier alpha value is -2.14. The maximum atomic E-state index is 12.3. The Morgan fingerprint density at radius 2 is 1.60 bits per heavy atom. The van der Waals surface area contributed by atoms with Crippen molar-refractivity contribution in [2.45, 2.75) is 43.6 Å². The molecule has 1 atom stereocenters. The molecule has 0 heterocycles. The van der Waals surface area contributed by atoms with E-state index in [0.29, 0.717) is 6.54 Å². The van der Waals surface area contributed by atoms with Gasteiger partial charge in [-0.3, -0.25) is 4.79 Å². The second-order valence-electron chi connectivity index (χ2n) is 5.96. The Morgan fingerprint density at radius 3 is 2.16 bits per heavy atom. The Morgan fingerprint density at radius 1 is 1.00 bits per heavy atom. The molecule has 0 saturated carbocycles. The molecule has 0 saturated heterocycles. The van der Waals surface area contributed by atoms with E-state index in [1.807, 2.05) is 69.3 Å². The van der Waals surface area contributed by atoms with Crippen LogP contribution < -0.4 is 14.8 Å². The maximum absolute atomic E-state index is 12.3. The highest BCUT2D eigenvalue weighted by atomic mass is 32.2. The van der Waals surface area contributed by atoms with E-state index in [1.165, 1.54) is 11.8 Å². The van der Waals surface area contributed by atoms with Crippen molar-refractivity contribution in [2.75, 3.05) is 7.11 Å². The highest BCUT2D eigenvalue weighted by Gasteiger charge is 2.14. The molecule has 0 unspecified atom stereocenters.